The highest BCUT2D eigenvalue weighted by Gasteiger charge is 2.19. The summed E-state index contributed by atoms with van der Waals surface area (Å²) in [6.45, 7) is 5.74. The molecule has 0 aliphatic heterocycles. The van der Waals surface area contributed by atoms with Crippen LogP contribution in [-0.4, -0.2) is 23.0 Å². The summed E-state index contributed by atoms with van der Waals surface area (Å²) in [7, 11) is 0. The van der Waals surface area contributed by atoms with Gasteiger partial charge in [0.05, 0.1) is 5.56 Å². The molecule has 0 saturated carbocycles. The first-order valence-electron chi connectivity index (χ1n) is 7.49. The molecule has 5 heteroatoms. The molecule has 1 amide bonds. The highest BCUT2D eigenvalue weighted by atomic mass is 16.5. The first kappa shape index (κ1) is 16.7. The minimum absolute atomic E-state index is 0.313. The minimum atomic E-state index is -0.896. The van der Waals surface area contributed by atoms with Crippen LogP contribution in [0, 0.1) is 0 Å². The van der Waals surface area contributed by atoms with Crippen LogP contribution >= 0.6 is 0 Å². The van der Waals surface area contributed by atoms with Crippen LogP contribution in [0.25, 0.3) is 0 Å². The molecule has 0 aliphatic carbocycles. The molecule has 1 aromatic carbocycles. The number of nitrogens with zero attached hydrogens (tertiary/aromatic N) is 1. The molecule has 0 bridgehead atoms. The van der Waals surface area contributed by atoms with Crippen molar-refractivity contribution in [3.63, 3.8) is 0 Å². The van der Waals surface area contributed by atoms with Crippen LogP contribution < -0.4 is 5.32 Å². The maximum atomic E-state index is 12.1. The molecule has 1 heterocycles. The fraction of sp³-hybridized carbons (Fsp3) is 0.278. The molecule has 23 heavy (non-hydrogen) atoms. The van der Waals surface area contributed by atoms with E-state index < -0.39 is 12.1 Å². The molecule has 0 radical (unpaired) electrons. The summed E-state index contributed by atoms with van der Waals surface area (Å²) in [5, 5.41) is 2.73. The molecule has 0 spiro atoms. The molecule has 0 aliphatic rings. The maximum Gasteiger partial charge on any atom is 0.340 e. The van der Waals surface area contributed by atoms with Gasteiger partial charge in [0.25, 0.3) is 5.91 Å². The lowest BCUT2D eigenvalue weighted by Gasteiger charge is -2.14. The van der Waals surface area contributed by atoms with Gasteiger partial charge in [-0.25, -0.2) is 4.79 Å². The summed E-state index contributed by atoms with van der Waals surface area (Å²) in [6.07, 6.45) is 2.07. The number of amides is 1. The fourth-order valence-electron chi connectivity index (χ4n) is 1.96. The molecule has 0 fully saturated rings. The Labute approximate surface area is 135 Å². The first-order chi connectivity index (χ1) is 11.0. The van der Waals surface area contributed by atoms with Crippen LogP contribution in [0.2, 0.25) is 0 Å². The number of carbonyl (C=O) groups excluding carboxylic acids is 2. The molecule has 5 nitrogen and oxygen atoms in total. The van der Waals surface area contributed by atoms with Gasteiger partial charge in [-0.1, -0.05) is 26.0 Å². The van der Waals surface area contributed by atoms with E-state index in [0.29, 0.717) is 17.2 Å². The van der Waals surface area contributed by atoms with E-state index in [0.717, 1.165) is 0 Å². The summed E-state index contributed by atoms with van der Waals surface area (Å²) >= 11 is 0. The van der Waals surface area contributed by atoms with Gasteiger partial charge in [0.2, 0.25) is 0 Å². The Bertz CT molecular complexity index is 666. The third-order valence-electron chi connectivity index (χ3n) is 3.40. The maximum absolute atomic E-state index is 12.1. The van der Waals surface area contributed by atoms with E-state index in [1.807, 2.05) is 24.3 Å². The Hall–Kier alpha value is -2.69. The zero-order valence-corrected chi connectivity index (χ0v) is 13.4. The predicted octanol–water partition coefficient (Wildman–Crippen LogP) is 3.39. The van der Waals surface area contributed by atoms with Crippen LogP contribution in [0.5, 0.6) is 0 Å². The predicted molar refractivity (Wildman–Crippen MR) is 88.3 cm³/mol. The molecular formula is C18H20N2O3. The van der Waals surface area contributed by atoms with Crippen molar-refractivity contribution in [2.75, 3.05) is 5.32 Å². The lowest BCUT2D eigenvalue weighted by Crippen LogP contribution is -2.30. The zero-order chi connectivity index (χ0) is 16.8. The summed E-state index contributed by atoms with van der Waals surface area (Å²) in [6, 6.07) is 10.8. The molecule has 2 rings (SSSR count). The molecule has 0 unspecified atom stereocenters. The second-order valence-electron chi connectivity index (χ2n) is 5.56. The number of pyridine rings is 1. The van der Waals surface area contributed by atoms with Gasteiger partial charge >= 0.3 is 5.97 Å². The number of ether oxygens (including phenoxy) is 1. The van der Waals surface area contributed by atoms with Crippen LogP contribution in [0.3, 0.4) is 0 Å². The second-order valence-corrected chi connectivity index (χ2v) is 5.56. The number of benzene rings is 1. The van der Waals surface area contributed by atoms with Crippen molar-refractivity contribution >= 4 is 17.6 Å². The molecule has 1 aromatic heterocycles. The second kappa shape index (κ2) is 7.54. The van der Waals surface area contributed by atoms with Crippen LogP contribution in [-0.2, 0) is 9.53 Å². The van der Waals surface area contributed by atoms with Crippen molar-refractivity contribution in [1.82, 2.24) is 4.98 Å². The normalized spacial score (nSPS) is 11.8. The highest BCUT2D eigenvalue weighted by molar-refractivity contribution is 5.97. The number of rotatable bonds is 5. The average molecular weight is 312 g/mol. The Morgan fingerprint density at radius 3 is 2.35 bits per heavy atom. The van der Waals surface area contributed by atoms with Crippen LogP contribution in [0.4, 0.5) is 5.69 Å². The minimum Gasteiger partial charge on any atom is -0.449 e. The van der Waals surface area contributed by atoms with Gasteiger partial charge in [-0.3, -0.25) is 9.78 Å². The van der Waals surface area contributed by atoms with Crippen molar-refractivity contribution in [3.8, 4) is 0 Å². The van der Waals surface area contributed by atoms with Crippen molar-refractivity contribution in [1.29, 1.82) is 0 Å². The Balaban J connectivity index is 1.93. The van der Waals surface area contributed by atoms with Crippen molar-refractivity contribution in [2.24, 2.45) is 0 Å². The number of esters is 1. The number of nitrogens with one attached hydrogen (secondary N) is 1. The topological polar surface area (TPSA) is 68.3 Å². The monoisotopic (exact) mass is 312 g/mol. The number of hydrogen-bond acceptors (Lipinski definition) is 4. The summed E-state index contributed by atoms with van der Waals surface area (Å²) < 4.78 is 5.14. The first-order valence-corrected chi connectivity index (χ1v) is 7.49. The van der Waals surface area contributed by atoms with Crippen molar-refractivity contribution in [2.45, 2.75) is 32.8 Å². The largest absolute Gasteiger partial charge is 0.449 e. The van der Waals surface area contributed by atoms with E-state index in [2.05, 4.69) is 24.1 Å². The Kier molecular flexibility index (Phi) is 5.46. The van der Waals surface area contributed by atoms with Gasteiger partial charge in [-0.15, -0.1) is 0 Å². The fourth-order valence-corrected chi connectivity index (χ4v) is 1.96. The lowest BCUT2D eigenvalue weighted by molar-refractivity contribution is -0.123. The van der Waals surface area contributed by atoms with Gasteiger partial charge in [0.15, 0.2) is 6.10 Å². The van der Waals surface area contributed by atoms with E-state index in [4.69, 9.17) is 4.74 Å². The summed E-state index contributed by atoms with van der Waals surface area (Å²) in [5.41, 5.74) is 2.18. The smallest absolute Gasteiger partial charge is 0.340 e. The summed E-state index contributed by atoms with van der Waals surface area (Å²) in [5.74, 6) is -0.519. The number of carbonyl (C=O) groups is 2. The molecule has 0 saturated heterocycles. The molecule has 120 valence electrons. The SMILES string of the molecule is CC(C)c1ccc(NC(=O)[C@H](C)OC(=O)c2cccnc2)cc1. The van der Waals surface area contributed by atoms with E-state index in [1.165, 1.54) is 18.7 Å². The number of hydrogen-bond donors (Lipinski definition) is 1. The molecular weight excluding hydrogens is 292 g/mol. The number of anilines is 1. The third kappa shape index (κ3) is 4.64. The lowest BCUT2D eigenvalue weighted by atomic mass is 10.0. The van der Waals surface area contributed by atoms with Crippen LogP contribution in [0.1, 0.15) is 42.6 Å². The Morgan fingerprint density at radius 1 is 1.09 bits per heavy atom. The molecule has 1 N–H and O–H groups in total. The highest BCUT2D eigenvalue weighted by Crippen LogP contribution is 2.17. The summed E-state index contributed by atoms with van der Waals surface area (Å²) in [4.78, 5) is 27.8. The van der Waals surface area contributed by atoms with E-state index in [9.17, 15) is 9.59 Å². The molecule has 2 aromatic rings. The van der Waals surface area contributed by atoms with Gasteiger partial charge < -0.3 is 10.1 Å². The van der Waals surface area contributed by atoms with Crippen molar-refractivity contribution in [3.05, 3.63) is 59.9 Å². The molecule has 1 atom stereocenters. The van der Waals surface area contributed by atoms with E-state index in [-0.39, 0.29) is 5.91 Å². The average Bonchev–Trinajstić information content (AvgIpc) is 2.56. The van der Waals surface area contributed by atoms with Gasteiger partial charge in [-0.05, 0) is 42.7 Å². The van der Waals surface area contributed by atoms with Gasteiger partial charge in [0.1, 0.15) is 0 Å². The third-order valence-corrected chi connectivity index (χ3v) is 3.40. The van der Waals surface area contributed by atoms with E-state index in [1.54, 1.807) is 18.3 Å². The van der Waals surface area contributed by atoms with E-state index >= 15 is 0 Å². The quantitative estimate of drug-likeness (QED) is 0.859. The number of aromatic nitrogens is 1. The van der Waals surface area contributed by atoms with Gasteiger partial charge in [0, 0.05) is 18.1 Å². The Morgan fingerprint density at radius 2 is 1.78 bits per heavy atom. The standard InChI is InChI=1S/C18H20N2O3/c1-12(2)14-6-8-16(9-7-14)20-17(21)13(3)23-18(22)15-5-4-10-19-11-15/h4-13H,1-3H3,(H,20,21)/t13-/m0/s1. The van der Waals surface area contributed by atoms with Gasteiger partial charge in [-0.2, -0.15) is 0 Å². The zero-order valence-electron chi connectivity index (χ0n) is 13.4. The van der Waals surface area contributed by atoms with Crippen LogP contribution in [0.15, 0.2) is 48.8 Å². The van der Waals surface area contributed by atoms with Crippen molar-refractivity contribution < 1.29 is 14.3 Å².